The highest BCUT2D eigenvalue weighted by molar-refractivity contribution is 6.04. The van der Waals surface area contributed by atoms with E-state index in [4.69, 9.17) is 14.2 Å². The van der Waals surface area contributed by atoms with Gasteiger partial charge in [-0.2, -0.15) is 0 Å². The molecule has 0 saturated carbocycles. The second kappa shape index (κ2) is 10.5. The van der Waals surface area contributed by atoms with E-state index in [1.165, 1.54) is 0 Å². The molecule has 1 unspecified atom stereocenters. The molecule has 0 fully saturated rings. The second-order valence-electron chi connectivity index (χ2n) is 5.89. The van der Waals surface area contributed by atoms with E-state index in [1.54, 1.807) is 18.2 Å². The molecule has 140 valence electrons. The Hall–Kier alpha value is -2.53. The number of ether oxygens (including phenoxy) is 3. The molecule has 0 saturated heterocycles. The van der Waals surface area contributed by atoms with Crippen LogP contribution in [0.4, 0.5) is 5.69 Å². The van der Waals surface area contributed by atoms with E-state index in [-0.39, 0.29) is 12.0 Å². The maximum Gasteiger partial charge on any atom is 0.255 e. The van der Waals surface area contributed by atoms with Gasteiger partial charge in [0.25, 0.3) is 5.91 Å². The average molecular weight is 357 g/mol. The third-order valence-electron chi connectivity index (χ3n) is 3.82. The van der Waals surface area contributed by atoms with Gasteiger partial charge in [0.05, 0.1) is 12.7 Å². The normalized spacial score (nSPS) is 11.7. The van der Waals surface area contributed by atoms with Gasteiger partial charge in [-0.25, -0.2) is 0 Å². The maximum atomic E-state index is 12.4. The van der Waals surface area contributed by atoms with Crippen LogP contribution in [-0.4, -0.2) is 31.8 Å². The molecule has 0 aliphatic rings. The van der Waals surface area contributed by atoms with Crippen molar-refractivity contribution in [3.05, 3.63) is 54.1 Å². The molecule has 0 bridgehead atoms. The highest BCUT2D eigenvalue weighted by Gasteiger charge is 2.08. The van der Waals surface area contributed by atoms with Crippen molar-refractivity contribution >= 4 is 11.6 Å². The molecule has 2 aromatic carbocycles. The van der Waals surface area contributed by atoms with Gasteiger partial charge in [-0.15, -0.1) is 0 Å². The zero-order chi connectivity index (χ0) is 18.8. The van der Waals surface area contributed by atoms with Gasteiger partial charge in [-0.05, 0) is 62.7 Å². The molecule has 2 rings (SSSR count). The van der Waals surface area contributed by atoms with Crippen LogP contribution in [0.5, 0.6) is 11.5 Å². The summed E-state index contributed by atoms with van der Waals surface area (Å²) < 4.78 is 16.6. The van der Waals surface area contributed by atoms with Gasteiger partial charge in [-0.3, -0.25) is 4.79 Å². The number of carbonyl (C=O) groups excluding carboxylic acids is 1. The van der Waals surface area contributed by atoms with Crippen LogP contribution in [-0.2, 0) is 4.74 Å². The smallest absolute Gasteiger partial charge is 0.255 e. The van der Waals surface area contributed by atoms with Crippen LogP contribution in [0.25, 0.3) is 0 Å². The fourth-order valence-electron chi connectivity index (χ4n) is 2.23. The molecule has 2 aromatic rings. The number of hydrogen-bond acceptors (Lipinski definition) is 4. The largest absolute Gasteiger partial charge is 0.491 e. The highest BCUT2D eigenvalue weighted by Crippen LogP contribution is 2.19. The molecular weight excluding hydrogens is 330 g/mol. The molecule has 26 heavy (non-hydrogen) atoms. The summed E-state index contributed by atoms with van der Waals surface area (Å²) in [5.74, 6) is 1.26. The molecule has 5 heteroatoms. The zero-order valence-electron chi connectivity index (χ0n) is 15.7. The molecule has 1 amide bonds. The first-order valence-corrected chi connectivity index (χ1v) is 9.01. The predicted octanol–water partition coefficient (Wildman–Crippen LogP) is 4.53. The molecule has 0 aromatic heterocycles. The summed E-state index contributed by atoms with van der Waals surface area (Å²) in [6.07, 6.45) is 1.11. The van der Waals surface area contributed by atoms with Crippen molar-refractivity contribution < 1.29 is 19.0 Å². The average Bonchev–Trinajstić information content (AvgIpc) is 2.67. The van der Waals surface area contributed by atoms with Gasteiger partial charge in [0, 0.05) is 17.9 Å². The Morgan fingerprint density at radius 3 is 2.50 bits per heavy atom. The quantitative estimate of drug-likeness (QED) is 0.635. The Bertz CT molecular complexity index is 685. The lowest BCUT2D eigenvalue weighted by atomic mass is 10.2. The summed E-state index contributed by atoms with van der Waals surface area (Å²) in [5.41, 5.74) is 1.26. The van der Waals surface area contributed by atoms with E-state index < -0.39 is 0 Å². The van der Waals surface area contributed by atoms with E-state index >= 15 is 0 Å². The first-order chi connectivity index (χ1) is 12.6. The summed E-state index contributed by atoms with van der Waals surface area (Å²) in [6, 6.07) is 14.5. The summed E-state index contributed by atoms with van der Waals surface area (Å²) >= 11 is 0. The van der Waals surface area contributed by atoms with Crippen LogP contribution in [0.15, 0.2) is 48.5 Å². The van der Waals surface area contributed by atoms with Crippen molar-refractivity contribution in [1.29, 1.82) is 0 Å². The predicted molar refractivity (Wildman–Crippen MR) is 103 cm³/mol. The molecule has 0 aliphatic heterocycles. The molecule has 1 atom stereocenters. The van der Waals surface area contributed by atoms with Crippen molar-refractivity contribution in [2.24, 2.45) is 0 Å². The van der Waals surface area contributed by atoms with E-state index in [9.17, 15) is 4.79 Å². The Morgan fingerprint density at radius 1 is 1.04 bits per heavy atom. The number of hydrogen-bond donors (Lipinski definition) is 1. The molecule has 0 radical (unpaired) electrons. The number of anilines is 1. The third-order valence-corrected chi connectivity index (χ3v) is 3.82. The Labute approximate surface area is 155 Å². The zero-order valence-corrected chi connectivity index (χ0v) is 15.7. The highest BCUT2D eigenvalue weighted by atomic mass is 16.5. The van der Waals surface area contributed by atoms with E-state index in [1.807, 2.05) is 44.2 Å². The Balaban J connectivity index is 1.92. The number of carbonyl (C=O) groups is 1. The first-order valence-electron chi connectivity index (χ1n) is 9.01. The van der Waals surface area contributed by atoms with Gasteiger partial charge < -0.3 is 19.5 Å². The van der Waals surface area contributed by atoms with Crippen LogP contribution in [0.1, 0.15) is 37.6 Å². The van der Waals surface area contributed by atoms with E-state index in [0.717, 1.165) is 12.2 Å². The summed E-state index contributed by atoms with van der Waals surface area (Å²) in [7, 11) is 0. The minimum atomic E-state index is -0.184. The topological polar surface area (TPSA) is 56.8 Å². The molecule has 1 N–H and O–H groups in total. The van der Waals surface area contributed by atoms with Crippen molar-refractivity contribution in [1.82, 2.24) is 0 Å². The minimum absolute atomic E-state index is 0.168. The standard InChI is InChI=1S/C21H27NO4/c1-4-16(3)26-19-11-9-18(10-12-19)22-21(23)17-7-6-8-20(15-17)25-14-13-24-5-2/h6-12,15-16H,4-5,13-14H2,1-3H3,(H,22,23). The second-order valence-corrected chi connectivity index (χ2v) is 5.89. The van der Waals surface area contributed by atoms with Gasteiger partial charge in [0.15, 0.2) is 0 Å². The molecule has 0 aliphatic carbocycles. The van der Waals surface area contributed by atoms with Crippen molar-refractivity contribution in [3.8, 4) is 11.5 Å². The third kappa shape index (κ3) is 6.41. The summed E-state index contributed by atoms with van der Waals surface area (Å²) in [4.78, 5) is 12.4. The van der Waals surface area contributed by atoms with Crippen molar-refractivity contribution in [2.45, 2.75) is 33.3 Å². The van der Waals surface area contributed by atoms with Crippen molar-refractivity contribution in [3.63, 3.8) is 0 Å². The van der Waals surface area contributed by atoms with Gasteiger partial charge in [0.2, 0.25) is 0 Å². The molecule has 0 spiro atoms. The summed E-state index contributed by atoms with van der Waals surface area (Å²) in [5, 5.41) is 2.88. The molecule has 0 heterocycles. The Kier molecular flexibility index (Phi) is 7.96. The lowest BCUT2D eigenvalue weighted by Crippen LogP contribution is -2.13. The van der Waals surface area contributed by atoms with Crippen LogP contribution >= 0.6 is 0 Å². The molecule has 5 nitrogen and oxygen atoms in total. The number of amides is 1. The fraction of sp³-hybridized carbons (Fsp3) is 0.381. The van der Waals surface area contributed by atoms with Gasteiger partial charge >= 0.3 is 0 Å². The van der Waals surface area contributed by atoms with Crippen LogP contribution in [0.2, 0.25) is 0 Å². The number of rotatable bonds is 10. The lowest BCUT2D eigenvalue weighted by molar-refractivity contribution is 0.102. The molecular formula is C21H27NO4. The SMILES string of the molecule is CCOCCOc1cccc(C(=O)Nc2ccc(OC(C)CC)cc2)c1. The number of nitrogens with one attached hydrogen (secondary N) is 1. The maximum absolute atomic E-state index is 12.4. The van der Waals surface area contributed by atoms with Crippen LogP contribution in [0, 0.1) is 0 Å². The van der Waals surface area contributed by atoms with Crippen LogP contribution < -0.4 is 14.8 Å². The fourth-order valence-corrected chi connectivity index (χ4v) is 2.23. The first kappa shape index (κ1) is 19.8. The Morgan fingerprint density at radius 2 is 1.81 bits per heavy atom. The summed E-state index contributed by atoms with van der Waals surface area (Å²) in [6.45, 7) is 7.68. The number of benzene rings is 2. The minimum Gasteiger partial charge on any atom is -0.491 e. The van der Waals surface area contributed by atoms with E-state index in [2.05, 4.69) is 12.2 Å². The van der Waals surface area contributed by atoms with E-state index in [0.29, 0.717) is 36.8 Å². The van der Waals surface area contributed by atoms with Crippen LogP contribution in [0.3, 0.4) is 0 Å². The van der Waals surface area contributed by atoms with Gasteiger partial charge in [-0.1, -0.05) is 13.0 Å². The lowest BCUT2D eigenvalue weighted by Gasteiger charge is -2.13. The van der Waals surface area contributed by atoms with Gasteiger partial charge in [0.1, 0.15) is 18.1 Å². The monoisotopic (exact) mass is 357 g/mol. The van der Waals surface area contributed by atoms with Crippen molar-refractivity contribution in [2.75, 3.05) is 25.1 Å².